The Labute approximate surface area is 111 Å². The van der Waals surface area contributed by atoms with Crippen LogP contribution >= 0.6 is 0 Å². The fraction of sp³-hybridized carbons (Fsp3) is 0.500. The van der Waals surface area contributed by atoms with E-state index in [0.717, 1.165) is 12.8 Å². The van der Waals surface area contributed by atoms with Crippen molar-refractivity contribution in [1.82, 2.24) is 10.6 Å². The van der Waals surface area contributed by atoms with Crippen LogP contribution in [0.3, 0.4) is 0 Å². The summed E-state index contributed by atoms with van der Waals surface area (Å²) in [5.74, 6) is -1.29. The summed E-state index contributed by atoms with van der Waals surface area (Å²) in [6, 6.07) is 3.94. The van der Waals surface area contributed by atoms with Crippen LogP contribution < -0.4 is 10.6 Å². The van der Waals surface area contributed by atoms with Crippen molar-refractivity contribution in [2.24, 2.45) is 0 Å². The minimum absolute atomic E-state index is 0.0189. The monoisotopic (exact) mass is 268 g/mol. The fourth-order valence-corrected chi connectivity index (χ4v) is 1.93. The van der Waals surface area contributed by atoms with Crippen molar-refractivity contribution in [1.29, 1.82) is 0 Å². The zero-order valence-electron chi connectivity index (χ0n) is 10.9. The van der Waals surface area contributed by atoms with Gasteiger partial charge in [0.1, 0.15) is 11.6 Å². The molecule has 3 nitrogen and oxygen atoms in total. The molecule has 0 bridgehead atoms. The van der Waals surface area contributed by atoms with Crippen LogP contribution in [0.5, 0.6) is 0 Å². The Morgan fingerprint density at radius 2 is 2.00 bits per heavy atom. The summed E-state index contributed by atoms with van der Waals surface area (Å²) < 4.78 is 26.9. The predicted octanol–water partition coefficient (Wildman–Crippen LogP) is 1.76. The van der Waals surface area contributed by atoms with Gasteiger partial charge >= 0.3 is 0 Å². The lowest BCUT2D eigenvalue weighted by molar-refractivity contribution is -0.120. The molecular formula is C14H18F2N2O. The highest BCUT2D eigenvalue weighted by Crippen LogP contribution is 2.18. The van der Waals surface area contributed by atoms with Gasteiger partial charge in [-0.25, -0.2) is 8.78 Å². The summed E-state index contributed by atoms with van der Waals surface area (Å²) in [5.41, 5.74) is 0.0189. The smallest absolute Gasteiger partial charge is 0.234 e. The lowest BCUT2D eigenvalue weighted by atomic mass is 10.1. The van der Waals surface area contributed by atoms with E-state index in [0.29, 0.717) is 6.04 Å². The van der Waals surface area contributed by atoms with Gasteiger partial charge in [0.2, 0.25) is 5.91 Å². The Morgan fingerprint density at radius 3 is 2.58 bits per heavy atom. The minimum Gasteiger partial charge on any atom is -0.352 e. The van der Waals surface area contributed by atoms with Gasteiger partial charge in [0.15, 0.2) is 0 Å². The highest BCUT2D eigenvalue weighted by Gasteiger charge is 2.21. The Balaban J connectivity index is 1.82. The number of hydrogen-bond donors (Lipinski definition) is 2. The van der Waals surface area contributed by atoms with E-state index in [4.69, 9.17) is 0 Å². The van der Waals surface area contributed by atoms with Crippen molar-refractivity contribution < 1.29 is 13.6 Å². The van der Waals surface area contributed by atoms with Crippen molar-refractivity contribution in [3.05, 3.63) is 35.4 Å². The van der Waals surface area contributed by atoms with Crippen molar-refractivity contribution in [2.75, 3.05) is 6.54 Å². The molecule has 0 aliphatic heterocycles. The first-order valence-electron chi connectivity index (χ1n) is 6.52. The molecule has 5 heteroatoms. The molecule has 1 saturated carbocycles. The summed E-state index contributed by atoms with van der Waals surface area (Å²) >= 11 is 0. The number of nitrogens with one attached hydrogen (secondary N) is 2. The normalized spacial score (nSPS) is 16.2. The molecule has 2 N–H and O–H groups in total. The molecule has 1 atom stereocenters. The molecule has 0 saturated heterocycles. The van der Waals surface area contributed by atoms with E-state index in [-0.39, 0.29) is 30.5 Å². The predicted molar refractivity (Wildman–Crippen MR) is 68.7 cm³/mol. The average molecular weight is 268 g/mol. The van der Waals surface area contributed by atoms with Crippen LogP contribution in [-0.4, -0.2) is 24.5 Å². The third-order valence-electron chi connectivity index (χ3n) is 3.11. The van der Waals surface area contributed by atoms with Gasteiger partial charge in [0.05, 0.1) is 6.54 Å². The molecular weight excluding hydrogens is 250 g/mol. The van der Waals surface area contributed by atoms with Crippen LogP contribution in [0.15, 0.2) is 18.2 Å². The molecule has 1 aromatic carbocycles. The molecule has 2 rings (SSSR count). The topological polar surface area (TPSA) is 41.1 Å². The number of carbonyl (C=O) groups excluding carboxylic acids is 1. The van der Waals surface area contributed by atoms with Crippen molar-refractivity contribution in [3.63, 3.8) is 0 Å². The van der Waals surface area contributed by atoms with E-state index in [9.17, 15) is 13.6 Å². The standard InChI is InChI=1S/C14H18F2N2O/c1-9(18-14(19)8-17-10-5-6-10)7-11-12(15)3-2-4-13(11)16/h2-4,9-10,17H,5-8H2,1H3,(H,18,19). The third-order valence-corrected chi connectivity index (χ3v) is 3.11. The number of halogens is 2. The largest absolute Gasteiger partial charge is 0.352 e. The van der Waals surface area contributed by atoms with Gasteiger partial charge in [0, 0.05) is 17.6 Å². The zero-order chi connectivity index (χ0) is 13.8. The maximum atomic E-state index is 13.4. The molecule has 104 valence electrons. The van der Waals surface area contributed by atoms with Crippen LogP contribution in [0.4, 0.5) is 8.78 Å². The Bertz CT molecular complexity index is 441. The third kappa shape index (κ3) is 4.28. The van der Waals surface area contributed by atoms with Crippen LogP contribution in [0, 0.1) is 11.6 Å². The second kappa shape index (κ2) is 6.10. The van der Waals surface area contributed by atoms with Crippen LogP contribution in [0.25, 0.3) is 0 Å². The first kappa shape index (κ1) is 13.9. The summed E-state index contributed by atoms with van der Waals surface area (Å²) in [4.78, 5) is 11.6. The summed E-state index contributed by atoms with van der Waals surface area (Å²) in [7, 11) is 0. The van der Waals surface area contributed by atoms with E-state index < -0.39 is 11.6 Å². The van der Waals surface area contributed by atoms with Gasteiger partial charge < -0.3 is 10.6 Å². The van der Waals surface area contributed by atoms with E-state index in [1.807, 2.05) is 0 Å². The quantitative estimate of drug-likeness (QED) is 0.825. The van der Waals surface area contributed by atoms with E-state index in [2.05, 4.69) is 10.6 Å². The van der Waals surface area contributed by atoms with Crippen LogP contribution in [0.1, 0.15) is 25.3 Å². The van der Waals surface area contributed by atoms with E-state index in [1.54, 1.807) is 6.92 Å². The van der Waals surface area contributed by atoms with Gasteiger partial charge in [-0.05, 0) is 38.3 Å². The maximum Gasteiger partial charge on any atom is 0.234 e. The number of hydrogen-bond acceptors (Lipinski definition) is 2. The van der Waals surface area contributed by atoms with E-state index >= 15 is 0 Å². The molecule has 19 heavy (non-hydrogen) atoms. The highest BCUT2D eigenvalue weighted by atomic mass is 19.1. The average Bonchev–Trinajstić information content (AvgIpc) is 3.15. The summed E-state index contributed by atoms with van der Waals surface area (Å²) in [5, 5.41) is 5.82. The Morgan fingerprint density at radius 1 is 1.37 bits per heavy atom. The SMILES string of the molecule is CC(Cc1c(F)cccc1F)NC(=O)CNC1CC1. The van der Waals surface area contributed by atoms with Gasteiger partial charge in [-0.3, -0.25) is 4.79 Å². The summed E-state index contributed by atoms with van der Waals surface area (Å²) in [6.45, 7) is 2.00. The molecule has 0 aromatic heterocycles. The molecule has 0 radical (unpaired) electrons. The molecule has 0 heterocycles. The van der Waals surface area contributed by atoms with Gasteiger partial charge in [0.25, 0.3) is 0 Å². The van der Waals surface area contributed by atoms with Crippen LogP contribution in [-0.2, 0) is 11.2 Å². The maximum absolute atomic E-state index is 13.4. The van der Waals surface area contributed by atoms with E-state index in [1.165, 1.54) is 18.2 Å². The molecule has 1 aliphatic rings. The van der Waals surface area contributed by atoms with Gasteiger partial charge in [-0.1, -0.05) is 6.07 Å². The summed E-state index contributed by atoms with van der Waals surface area (Å²) in [6.07, 6.45) is 2.38. The molecule has 1 unspecified atom stereocenters. The second-order valence-electron chi connectivity index (χ2n) is 5.03. The molecule has 1 aromatic rings. The number of amides is 1. The highest BCUT2D eigenvalue weighted by molar-refractivity contribution is 5.78. The second-order valence-corrected chi connectivity index (χ2v) is 5.03. The molecule has 0 spiro atoms. The molecule has 1 fully saturated rings. The lowest BCUT2D eigenvalue weighted by Gasteiger charge is -2.15. The first-order chi connectivity index (χ1) is 9.06. The Kier molecular flexibility index (Phi) is 4.47. The number of benzene rings is 1. The number of rotatable bonds is 6. The lowest BCUT2D eigenvalue weighted by Crippen LogP contribution is -2.40. The number of carbonyl (C=O) groups is 1. The van der Waals surface area contributed by atoms with Crippen molar-refractivity contribution in [3.8, 4) is 0 Å². The first-order valence-corrected chi connectivity index (χ1v) is 6.52. The van der Waals surface area contributed by atoms with Gasteiger partial charge in [-0.2, -0.15) is 0 Å². The minimum atomic E-state index is -0.572. The molecule has 1 aliphatic carbocycles. The van der Waals surface area contributed by atoms with Crippen LogP contribution in [0.2, 0.25) is 0 Å². The fourth-order valence-electron chi connectivity index (χ4n) is 1.93. The Hall–Kier alpha value is -1.49. The van der Waals surface area contributed by atoms with Crippen molar-refractivity contribution >= 4 is 5.91 Å². The molecule has 1 amide bonds. The van der Waals surface area contributed by atoms with Gasteiger partial charge in [-0.15, -0.1) is 0 Å². The van der Waals surface area contributed by atoms with Crippen molar-refractivity contribution in [2.45, 2.75) is 38.3 Å². The zero-order valence-corrected chi connectivity index (χ0v) is 10.9.